The van der Waals surface area contributed by atoms with Crippen molar-refractivity contribution in [3.8, 4) is 0 Å². The lowest BCUT2D eigenvalue weighted by molar-refractivity contribution is 0.156. The van der Waals surface area contributed by atoms with Crippen LogP contribution in [-0.2, 0) is 21.3 Å². The highest BCUT2D eigenvalue weighted by Gasteiger charge is 2.06. The SMILES string of the molecule is COC(C)C=CCc1nc2ccccc2s1.Cc1ccc(S(=O)(=O)O)cc1. The molecule has 2 aromatic carbocycles. The van der Waals surface area contributed by atoms with Crippen molar-refractivity contribution in [2.24, 2.45) is 0 Å². The molecule has 5 nitrogen and oxygen atoms in total. The molecule has 144 valence electrons. The Balaban J connectivity index is 0.000000208. The number of thiazole rings is 1. The molecule has 1 aromatic heterocycles. The Morgan fingerprint density at radius 2 is 1.85 bits per heavy atom. The van der Waals surface area contributed by atoms with Crippen LogP contribution in [0.25, 0.3) is 10.2 Å². The van der Waals surface area contributed by atoms with Crippen LogP contribution in [0.3, 0.4) is 0 Å². The van der Waals surface area contributed by atoms with E-state index in [4.69, 9.17) is 9.29 Å². The van der Waals surface area contributed by atoms with E-state index in [0.29, 0.717) is 0 Å². The minimum absolute atomic E-state index is 0.0666. The van der Waals surface area contributed by atoms with Crippen molar-refractivity contribution in [3.63, 3.8) is 0 Å². The zero-order valence-electron chi connectivity index (χ0n) is 15.5. The molecule has 3 aromatic rings. The van der Waals surface area contributed by atoms with Crippen LogP contribution >= 0.6 is 11.3 Å². The largest absolute Gasteiger partial charge is 0.378 e. The van der Waals surface area contributed by atoms with Crippen molar-refractivity contribution in [2.45, 2.75) is 31.3 Å². The van der Waals surface area contributed by atoms with Crippen molar-refractivity contribution in [1.82, 2.24) is 4.98 Å². The van der Waals surface area contributed by atoms with Gasteiger partial charge in [0.1, 0.15) is 0 Å². The molecule has 0 aliphatic carbocycles. The van der Waals surface area contributed by atoms with Gasteiger partial charge in [-0.15, -0.1) is 11.3 Å². The maximum atomic E-state index is 10.5. The van der Waals surface area contributed by atoms with Gasteiger partial charge in [0.15, 0.2) is 0 Å². The maximum absolute atomic E-state index is 10.5. The van der Waals surface area contributed by atoms with Gasteiger partial charge >= 0.3 is 0 Å². The lowest BCUT2D eigenvalue weighted by atomic mass is 10.2. The third kappa shape index (κ3) is 6.88. The first-order valence-electron chi connectivity index (χ1n) is 8.37. The van der Waals surface area contributed by atoms with E-state index in [1.54, 1.807) is 30.6 Å². The molecule has 3 rings (SSSR count). The Hall–Kier alpha value is -2.06. The standard InChI is InChI=1S/C13H15NOS.C7H8O3S/c1-10(15-2)6-5-9-13-14-11-7-3-4-8-12(11)16-13;1-6-2-4-7(5-3-6)11(8,9)10/h3-8,10H,9H2,1-2H3;2-5H,1H3,(H,8,9,10). The number of rotatable bonds is 5. The number of fused-ring (bicyclic) bond motifs is 1. The lowest BCUT2D eigenvalue weighted by Gasteiger charge is -2.00. The summed E-state index contributed by atoms with van der Waals surface area (Å²) in [4.78, 5) is 4.50. The number of methoxy groups -OCH3 is 1. The van der Waals surface area contributed by atoms with Gasteiger partial charge in [-0.25, -0.2) is 4.98 Å². The predicted octanol–water partition coefficient (Wildman–Crippen LogP) is 4.67. The zero-order valence-corrected chi connectivity index (χ0v) is 17.1. The molecule has 0 bridgehead atoms. The molecule has 0 spiro atoms. The zero-order chi connectivity index (χ0) is 19.9. The predicted molar refractivity (Wildman–Crippen MR) is 110 cm³/mol. The van der Waals surface area contributed by atoms with Gasteiger partial charge in [0, 0.05) is 13.5 Å². The number of para-hydroxylation sites is 1. The fourth-order valence-corrected chi connectivity index (χ4v) is 3.58. The van der Waals surface area contributed by atoms with Crippen LogP contribution in [0.1, 0.15) is 17.5 Å². The normalized spacial score (nSPS) is 12.7. The molecule has 1 unspecified atom stereocenters. The molecule has 0 radical (unpaired) electrons. The van der Waals surface area contributed by atoms with E-state index in [1.165, 1.54) is 16.8 Å². The first-order valence-corrected chi connectivity index (χ1v) is 10.6. The highest BCUT2D eigenvalue weighted by atomic mass is 32.2. The summed E-state index contributed by atoms with van der Waals surface area (Å²) in [5.74, 6) is 0. The summed E-state index contributed by atoms with van der Waals surface area (Å²) in [5.41, 5.74) is 2.05. The second-order valence-electron chi connectivity index (χ2n) is 5.94. The van der Waals surface area contributed by atoms with E-state index in [0.717, 1.165) is 22.5 Å². The molecule has 1 N–H and O–H groups in total. The van der Waals surface area contributed by atoms with Crippen LogP contribution in [0.15, 0.2) is 65.6 Å². The highest BCUT2D eigenvalue weighted by Crippen LogP contribution is 2.21. The molecule has 0 saturated carbocycles. The number of benzene rings is 2. The van der Waals surface area contributed by atoms with E-state index in [-0.39, 0.29) is 11.0 Å². The average Bonchev–Trinajstić information content (AvgIpc) is 3.04. The topological polar surface area (TPSA) is 76.5 Å². The average molecular weight is 406 g/mol. The summed E-state index contributed by atoms with van der Waals surface area (Å²) in [6.45, 7) is 3.86. The lowest BCUT2D eigenvalue weighted by Crippen LogP contribution is -1.98. The van der Waals surface area contributed by atoms with Gasteiger partial charge in [0.2, 0.25) is 0 Å². The summed E-state index contributed by atoms with van der Waals surface area (Å²) < 4.78 is 36.0. The second kappa shape index (κ2) is 9.75. The highest BCUT2D eigenvalue weighted by molar-refractivity contribution is 7.85. The summed E-state index contributed by atoms with van der Waals surface area (Å²) in [7, 11) is -2.30. The first kappa shape index (κ1) is 21.2. The molecular formula is C20H23NO4S2. The van der Waals surface area contributed by atoms with Crippen LogP contribution in [0, 0.1) is 6.92 Å². The van der Waals surface area contributed by atoms with Gasteiger partial charge in [-0.05, 0) is 38.1 Å². The molecule has 0 aliphatic heterocycles. The van der Waals surface area contributed by atoms with Crippen LogP contribution in [0.2, 0.25) is 0 Å². The number of ether oxygens (including phenoxy) is 1. The smallest absolute Gasteiger partial charge is 0.294 e. The van der Waals surface area contributed by atoms with Crippen LogP contribution < -0.4 is 0 Å². The number of aryl methyl sites for hydroxylation is 1. The van der Waals surface area contributed by atoms with Crippen molar-refractivity contribution in [2.75, 3.05) is 7.11 Å². The van der Waals surface area contributed by atoms with E-state index < -0.39 is 10.1 Å². The van der Waals surface area contributed by atoms with Gasteiger partial charge in [-0.3, -0.25) is 4.55 Å². The summed E-state index contributed by atoms with van der Waals surface area (Å²) in [6, 6.07) is 14.2. The Morgan fingerprint density at radius 1 is 1.19 bits per heavy atom. The third-order valence-corrected chi connectivity index (χ3v) is 5.65. The minimum atomic E-state index is -4.02. The third-order valence-electron chi connectivity index (χ3n) is 3.73. The van der Waals surface area contributed by atoms with E-state index in [9.17, 15) is 8.42 Å². The Labute approximate surface area is 164 Å². The summed E-state index contributed by atoms with van der Waals surface area (Å²) >= 11 is 1.75. The fourth-order valence-electron chi connectivity index (χ4n) is 2.16. The Kier molecular flexibility index (Phi) is 7.67. The molecule has 0 amide bonds. The van der Waals surface area contributed by atoms with Gasteiger partial charge < -0.3 is 4.74 Å². The fraction of sp³-hybridized carbons (Fsp3) is 0.250. The quantitative estimate of drug-likeness (QED) is 0.493. The molecule has 27 heavy (non-hydrogen) atoms. The van der Waals surface area contributed by atoms with E-state index in [1.807, 2.05) is 26.0 Å². The van der Waals surface area contributed by atoms with Crippen molar-refractivity contribution < 1.29 is 17.7 Å². The van der Waals surface area contributed by atoms with Crippen LogP contribution in [0.5, 0.6) is 0 Å². The molecule has 0 aliphatic rings. The number of nitrogens with zero attached hydrogens (tertiary/aromatic N) is 1. The second-order valence-corrected chi connectivity index (χ2v) is 8.47. The Bertz CT molecular complexity index is 959. The summed E-state index contributed by atoms with van der Waals surface area (Å²) in [5, 5.41) is 1.15. The maximum Gasteiger partial charge on any atom is 0.294 e. The van der Waals surface area contributed by atoms with Crippen molar-refractivity contribution in [3.05, 3.63) is 71.3 Å². The number of hydrogen-bond donors (Lipinski definition) is 1. The number of aromatic nitrogens is 1. The van der Waals surface area contributed by atoms with Gasteiger partial charge in [-0.1, -0.05) is 42.0 Å². The van der Waals surface area contributed by atoms with Gasteiger partial charge in [0.25, 0.3) is 10.1 Å². The summed E-state index contributed by atoms with van der Waals surface area (Å²) in [6.07, 6.45) is 5.24. The molecule has 1 heterocycles. The van der Waals surface area contributed by atoms with Gasteiger partial charge in [-0.2, -0.15) is 8.42 Å². The molecular weight excluding hydrogens is 382 g/mol. The number of allylic oxidation sites excluding steroid dienone is 1. The number of hydrogen-bond acceptors (Lipinski definition) is 5. The Morgan fingerprint density at radius 3 is 2.44 bits per heavy atom. The first-order chi connectivity index (χ1) is 12.8. The molecule has 0 fully saturated rings. The molecule has 0 saturated heterocycles. The van der Waals surface area contributed by atoms with Crippen molar-refractivity contribution >= 4 is 31.7 Å². The van der Waals surface area contributed by atoms with Gasteiger partial charge in [0.05, 0.1) is 26.2 Å². The monoisotopic (exact) mass is 405 g/mol. The van der Waals surface area contributed by atoms with Crippen LogP contribution in [-0.4, -0.2) is 31.2 Å². The minimum Gasteiger partial charge on any atom is -0.378 e. The van der Waals surface area contributed by atoms with Crippen molar-refractivity contribution in [1.29, 1.82) is 0 Å². The van der Waals surface area contributed by atoms with E-state index in [2.05, 4.69) is 29.3 Å². The molecule has 7 heteroatoms. The van der Waals surface area contributed by atoms with Crippen LogP contribution in [0.4, 0.5) is 0 Å². The molecule has 1 atom stereocenters. The van der Waals surface area contributed by atoms with E-state index >= 15 is 0 Å².